The third-order valence-corrected chi connectivity index (χ3v) is 7.90. The van der Waals surface area contributed by atoms with Crippen molar-refractivity contribution in [2.24, 2.45) is 5.92 Å². The molecule has 1 aromatic rings. The Hall–Kier alpha value is -2.39. The van der Waals surface area contributed by atoms with Gasteiger partial charge in [0.25, 0.3) is 0 Å². The van der Waals surface area contributed by atoms with E-state index in [0.29, 0.717) is 37.7 Å². The predicted octanol–water partition coefficient (Wildman–Crippen LogP) is 5.13. The summed E-state index contributed by atoms with van der Waals surface area (Å²) in [5.74, 6) is 0.775. The number of esters is 1. The van der Waals surface area contributed by atoms with Crippen LogP contribution in [0.2, 0.25) is 0 Å². The van der Waals surface area contributed by atoms with Gasteiger partial charge in [0.2, 0.25) is 0 Å². The Morgan fingerprint density at radius 3 is 2.59 bits per heavy atom. The molecule has 1 saturated carbocycles. The zero-order valence-corrected chi connectivity index (χ0v) is 24.4. The molecule has 0 radical (unpaired) electrons. The first-order valence-electron chi connectivity index (χ1n) is 13.9. The number of rotatable bonds is 13. The summed E-state index contributed by atoms with van der Waals surface area (Å²) in [4.78, 5) is 12.9. The van der Waals surface area contributed by atoms with Crippen molar-refractivity contribution in [3.8, 4) is 11.5 Å². The first kappa shape index (κ1) is 29.6. The van der Waals surface area contributed by atoms with Gasteiger partial charge in [0, 0.05) is 13.2 Å². The molecule has 0 bridgehead atoms. The summed E-state index contributed by atoms with van der Waals surface area (Å²) in [6.45, 7) is 11.8. The summed E-state index contributed by atoms with van der Waals surface area (Å²) in [5.41, 5.74) is 1.44. The summed E-state index contributed by atoms with van der Waals surface area (Å²) >= 11 is 0. The van der Waals surface area contributed by atoms with Crippen LogP contribution in [0.25, 0.3) is 6.08 Å². The lowest BCUT2D eigenvalue weighted by Gasteiger charge is -2.42. The molecule has 2 heterocycles. The Bertz CT molecular complexity index is 1050. The topological polar surface area (TPSA) is 88.3 Å². The van der Waals surface area contributed by atoms with Crippen molar-refractivity contribution in [2.45, 2.75) is 89.5 Å². The number of benzene rings is 1. The van der Waals surface area contributed by atoms with Crippen molar-refractivity contribution in [3.63, 3.8) is 0 Å². The quantitative estimate of drug-likeness (QED) is 0.111. The van der Waals surface area contributed by atoms with E-state index in [9.17, 15) is 4.79 Å². The van der Waals surface area contributed by atoms with Gasteiger partial charge in [0.1, 0.15) is 30.0 Å². The maximum absolute atomic E-state index is 12.9. The monoisotopic (exact) mass is 544 g/mol. The van der Waals surface area contributed by atoms with E-state index in [2.05, 4.69) is 26.8 Å². The summed E-state index contributed by atoms with van der Waals surface area (Å²) < 4.78 is 41.0. The van der Waals surface area contributed by atoms with Gasteiger partial charge in [-0.05, 0) is 77.7 Å². The van der Waals surface area contributed by atoms with Crippen LogP contribution in [0.3, 0.4) is 0 Å². The summed E-state index contributed by atoms with van der Waals surface area (Å²) in [7, 11) is 3.27. The number of epoxide rings is 2. The van der Waals surface area contributed by atoms with Gasteiger partial charge in [-0.2, -0.15) is 0 Å². The molecule has 1 aromatic carbocycles. The third-order valence-electron chi connectivity index (χ3n) is 7.90. The lowest BCUT2D eigenvalue weighted by atomic mass is 9.68. The fourth-order valence-electron chi connectivity index (χ4n) is 5.77. The number of methoxy groups -OCH3 is 2. The van der Waals surface area contributed by atoms with Gasteiger partial charge in [0.15, 0.2) is 11.5 Å². The largest absolute Gasteiger partial charge is 0.493 e. The lowest BCUT2D eigenvalue weighted by Crippen LogP contribution is -2.55. The van der Waals surface area contributed by atoms with Crippen molar-refractivity contribution in [1.29, 1.82) is 0 Å². The maximum Gasteiger partial charge on any atom is 0.331 e. The van der Waals surface area contributed by atoms with E-state index >= 15 is 0 Å². The number of carbonyl (C=O) groups excluding carboxylic acids is 1. The smallest absolute Gasteiger partial charge is 0.331 e. The first-order chi connectivity index (χ1) is 18.6. The molecule has 2 unspecified atom stereocenters. The lowest BCUT2D eigenvalue weighted by molar-refractivity contribution is -0.166. The number of hydrogen-bond acceptors (Lipinski definition) is 8. The Kier molecular flexibility index (Phi) is 9.42. The van der Waals surface area contributed by atoms with Crippen LogP contribution < -0.4 is 9.47 Å². The number of carbonyl (C=O) groups is 1. The van der Waals surface area contributed by atoms with Crippen LogP contribution in [0.1, 0.15) is 59.4 Å². The highest BCUT2D eigenvalue weighted by atomic mass is 16.6. The van der Waals surface area contributed by atoms with E-state index in [1.54, 1.807) is 20.3 Å². The van der Waals surface area contributed by atoms with E-state index in [4.69, 9.17) is 33.2 Å². The van der Waals surface area contributed by atoms with Gasteiger partial charge in [-0.3, -0.25) is 0 Å². The Morgan fingerprint density at radius 1 is 1.18 bits per heavy atom. The minimum absolute atomic E-state index is 0.0120. The zero-order chi connectivity index (χ0) is 28.2. The van der Waals surface area contributed by atoms with E-state index in [1.165, 1.54) is 11.6 Å². The summed E-state index contributed by atoms with van der Waals surface area (Å²) in [5, 5.41) is 0. The molecule has 1 aliphatic carbocycles. The van der Waals surface area contributed by atoms with Crippen LogP contribution in [0.4, 0.5) is 0 Å². The number of hydrogen-bond donors (Lipinski definition) is 0. The normalized spacial score (nSPS) is 31.4. The second-order valence-electron chi connectivity index (χ2n) is 11.4. The van der Waals surface area contributed by atoms with Crippen LogP contribution in [0, 0.1) is 5.92 Å². The van der Waals surface area contributed by atoms with Crippen LogP contribution in [-0.4, -0.2) is 75.6 Å². The first-order valence-corrected chi connectivity index (χ1v) is 13.9. The van der Waals surface area contributed by atoms with Gasteiger partial charge >= 0.3 is 5.97 Å². The fourth-order valence-corrected chi connectivity index (χ4v) is 5.77. The Labute approximate surface area is 232 Å². The van der Waals surface area contributed by atoms with E-state index in [0.717, 1.165) is 18.4 Å². The highest BCUT2D eigenvalue weighted by molar-refractivity contribution is 5.87. The average molecular weight is 545 g/mol. The van der Waals surface area contributed by atoms with Crippen LogP contribution in [0.5, 0.6) is 11.5 Å². The molecule has 0 amide bonds. The van der Waals surface area contributed by atoms with E-state index in [1.807, 2.05) is 32.0 Å². The molecular formula is C31H44O8. The molecule has 3 fully saturated rings. The van der Waals surface area contributed by atoms with Gasteiger partial charge in [-0.25, -0.2) is 4.79 Å². The molecule has 216 valence electrons. The summed E-state index contributed by atoms with van der Waals surface area (Å²) in [6, 6.07) is 5.51. The molecule has 1 spiro atoms. The van der Waals surface area contributed by atoms with Crippen LogP contribution in [0.15, 0.2) is 35.9 Å². The van der Waals surface area contributed by atoms with Gasteiger partial charge in [-0.1, -0.05) is 17.7 Å². The highest BCUT2D eigenvalue weighted by Crippen LogP contribution is 2.59. The summed E-state index contributed by atoms with van der Waals surface area (Å²) in [6.07, 6.45) is 7.27. The van der Waals surface area contributed by atoms with E-state index in [-0.39, 0.29) is 41.5 Å². The maximum atomic E-state index is 12.9. The molecule has 0 aromatic heterocycles. The predicted molar refractivity (Wildman–Crippen MR) is 148 cm³/mol. The molecule has 4 rings (SSSR count). The average Bonchev–Trinajstić information content (AvgIpc) is 3.82. The van der Waals surface area contributed by atoms with Crippen molar-refractivity contribution < 1.29 is 38.0 Å². The van der Waals surface area contributed by atoms with Crippen molar-refractivity contribution in [2.75, 3.05) is 34.0 Å². The SMILES string of the molecule is COc1ccc(/C=C/C(=O)O[C@@H]2CC[C@]3(CO3)[C@@H](C3(C)OC3CC=C(C)C)[C@@H]2OC)cc1OCCOC(C)C. The minimum atomic E-state index is -0.417. The second-order valence-corrected chi connectivity index (χ2v) is 11.4. The van der Waals surface area contributed by atoms with Crippen molar-refractivity contribution >= 4 is 12.0 Å². The highest BCUT2D eigenvalue weighted by Gasteiger charge is 2.72. The molecule has 8 heteroatoms. The van der Waals surface area contributed by atoms with Crippen molar-refractivity contribution in [1.82, 2.24) is 0 Å². The molecule has 2 aliphatic heterocycles. The standard InChI is InChI=1S/C31H44O8/c1-20(2)8-12-26-30(5,39-26)29-28(34-7)24(14-15-31(29)19-37-31)38-27(32)13-10-22-9-11-23(33-6)25(18-22)36-17-16-35-21(3)4/h8-11,13,18,21,24,26,28-29H,12,14-17,19H2,1-7H3/b13-10+/t24-,26?,28-,29-,30?,31+/m1/s1. The molecule has 39 heavy (non-hydrogen) atoms. The fraction of sp³-hybridized carbons (Fsp3) is 0.645. The molecule has 8 nitrogen and oxygen atoms in total. The van der Waals surface area contributed by atoms with Gasteiger partial charge < -0.3 is 33.2 Å². The number of allylic oxidation sites excluding steroid dienone is 1. The van der Waals surface area contributed by atoms with Gasteiger partial charge in [0.05, 0.1) is 38.4 Å². The van der Waals surface area contributed by atoms with Crippen LogP contribution in [-0.2, 0) is 28.5 Å². The Balaban J connectivity index is 1.39. The van der Waals surface area contributed by atoms with Crippen molar-refractivity contribution in [3.05, 3.63) is 41.5 Å². The molecular weight excluding hydrogens is 500 g/mol. The zero-order valence-electron chi connectivity index (χ0n) is 24.4. The molecule has 0 N–H and O–H groups in total. The number of ether oxygens (including phenoxy) is 7. The molecule has 6 atom stereocenters. The third kappa shape index (κ3) is 7.04. The molecule has 2 saturated heterocycles. The van der Waals surface area contributed by atoms with E-state index < -0.39 is 5.97 Å². The second kappa shape index (κ2) is 12.4. The minimum Gasteiger partial charge on any atom is -0.493 e. The Morgan fingerprint density at radius 2 is 1.95 bits per heavy atom. The van der Waals surface area contributed by atoms with Gasteiger partial charge in [-0.15, -0.1) is 0 Å². The molecule has 3 aliphatic rings. The van der Waals surface area contributed by atoms with Crippen LogP contribution >= 0.6 is 0 Å².